The summed E-state index contributed by atoms with van der Waals surface area (Å²) < 4.78 is 1.73. The minimum atomic E-state index is -0.245. The van der Waals surface area contributed by atoms with Crippen LogP contribution in [0.15, 0.2) is 59.9 Å². The Labute approximate surface area is 149 Å². The van der Waals surface area contributed by atoms with Crippen LogP contribution in [0.3, 0.4) is 0 Å². The van der Waals surface area contributed by atoms with E-state index in [1.807, 2.05) is 31.2 Å². The molecule has 2 aromatic carbocycles. The van der Waals surface area contributed by atoms with Crippen molar-refractivity contribution >= 4 is 34.7 Å². The molecule has 0 fully saturated rings. The Morgan fingerprint density at radius 2 is 2.08 bits per heavy atom. The molecular formula is C19H17N3O2S. The molecule has 1 heterocycles. The summed E-state index contributed by atoms with van der Waals surface area (Å²) >= 11 is 5.22. The van der Waals surface area contributed by atoms with E-state index in [9.17, 15) is 9.59 Å². The quantitative estimate of drug-likeness (QED) is 0.555. The first-order chi connectivity index (χ1) is 12.0. The van der Waals surface area contributed by atoms with Gasteiger partial charge in [0, 0.05) is 17.8 Å². The van der Waals surface area contributed by atoms with Crippen molar-refractivity contribution in [1.29, 1.82) is 0 Å². The lowest BCUT2D eigenvalue weighted by atomic mass is 10.1. The number of aromatic amines is 1. The molecule has 0 radical (unpaired) electrons. The average Bonchev–Trinajstić information content (AvgIpc) is 2.60. The molecule has 0 aliphatic carbocycles. The smallest absolute Gasteiger partial charge is 0.262 e. The Kier molecular flexibility index (Phi) is 4.63. The van der Waals surface area contributed by atoms with Crippen LogP contribution in [-0.2, 0) is 6.54 Å². The van der Waals surface area contributed by atoms with E-state index in [4.69, 9.17) is 12.2 Å². The first kappa shape index (κ1) is 16.9. The van der Waals surface area contributed by atoms with E-state index in [2.05, 4.69) is 16.9 Å². The molecule has 0 spiro atoms. The molecule has 0 unspecified atom stereocenters. The van der Waals surface area contributed by atoms with E-state index >= 15 is 0 Å². The van der Waals surface area contributed by atoms with E-state index < -0.39 is 0 Å². The highest BCUT2D eigenvalue weighted by Crippen LogP contribution is 2.16. The van der Waals surface area contributed by atoms with E-state index in [0.29, 0.717) is 27.8 Å². The standard InChI is InChI=1S/C19H17N3O2S/c1-3-10-22-18(24)14-9-8-13(11-16(14)21-19(22)25)17(23)20-15-7-5-4-6-12(15)2/h3-9,11H,1,10H2,2H3,(H,20,23)(H,21,25). The van der Waals surface area contributed by atoms with Gasteiger partial charge in [0.25, 0.3) is 11.5 Å². The summed E-state index contributed by atoms with van der Waals surface area (Å²) in [5.41, 5.74) is 2.50. The highest BCUT2D eigenvalue weighted by Gasteiger charge is 2.11. The number of carbonyl (C=O) groups is 1. The largest absolute Gasteiger partial charge is 0.332 e. The fourth-order valence-corrected chi connectivity index (χ4v) is 2.87. The number of hydrogen-bond donors (Lipinski definition) is 2. The summed E-state index contributed by atoms with van der Waals surface area (Å²) in [6.45, 7) is 5.89. The van der Waals surface area contributed by atoms with Crippen molar-refractivity contribution in [3.05, 3.63) is 81.4 Å². The van der Waals surface area contributed by atoms with Gasteiger partial charge in [-0.1, -0.05) is 24.3 Å². The van der Waals surface area contributed by atoms with Gasteiger partial charge >= 0.3 is 0 Å². The number of para-hydroxylation sites is 1. The third-order valence-corrected chi connectivity index (χ3v) is 4.27. The summed E-state index contributed by atoms with van der Waals surface area (Å²) in [5.74, 6) is -0.245. The molecule has 1 aromatic heterocycles. The molecule has 5 nitrogen and oxygen atoms in total. The minimum absolute atomic E-state index is 0.204. The number of benzene rings is 2. The van der Waals surface area contributed by atoms with Crippen molar-refractivity contribution in [2.45, 2.75) is 13.5 Å². The molecule has 25 heavy (non-hydrogen) atoms. The van der Waals surface area contributed by atoms with Crippen LogP contribution in [0.1, 0.15) is 15.9 Å². The number of nitrogens with one attached hydrogen (secondary N) is 2. The van der Waals surface area contributed by atoms with E-state index in [0.717, 1.165) is 11.3 Å². The van der Waals surface area contributed by atoms with E-state index in [-0.39, 0.29) is 11.5 Å². The fraction of sp³-hybridized carbons (Fsp3) is 0.105. The molecule has 3 aromatic rings. The molecule has 0 atom stereocenters. The average molecular weight is 351 g/mol. The van der Waals surface area contributed by atoms with Gasteiger partial charge in [0.05, 0.1) is 10.9 Å². The Morgan fingerprint density at radius 1 is 1.32 bits per heavy atom. The predicted octanol–water partition coefficient (Wildman–Crippen LogP) is 3.81. The molecule has 0 saturated carbocycles. The van der Waals surface area contributed by atoms with Crippen LogP contribution in [0.2, 0.25) is 0 Å². The maximum absolute atomic E-state index is 12.5. The molecule has 126 valence electrons. The van der Waals surface area contributed by atoms with Crippen LogP contribution in [-0.4, -0.2) is 15.5 Å². The van der Waals surface area contributed by atoms with Crippen LogP contribution < -0.4 is 10.9 Å². The van der Waals surface area contributed by atoms with Gasteiger partial charge in [0.15, 0.2) is 4.77 Å². The molecule has 0 aliphatic rings. The Morgan fingerprint density at radius 3 is 2.80 bits per heavy atom. The highest BCUT2D eigenvalue weighted by molar-refractivity contribution is 7.71. The SMILES string of the molecule is C=CCn1c(=S)[nH]c2cc(C(=O)Nc3ccccc3C)ccc2c1=O. The lowest BCUT2D eigenvalue weighted by Gasteiger charge is -2.10. The van der Waals surface area contributed by atoms with Crippen molar-refractivity contribution in [3.63, 3.8) is 0 Å². The van der Waals surface area contributed by atoms with Crippen LogP contribution in [0.25, 0.3) is 10.9 Å². The van der Waals surface area contributed by atoms with E-state index in [1.54, 1.807) is 24.3 Å². The van der Waals surface area contributed by atoms with Gasteiger partial charge < -0.3 is 10.3 Å². The van der Waals surface area contributed by atoms with Gasteiger partial charge in [0.1, 0.15) is 0 Å². The number of anilines is 1. The van der Waals surface area contributed by atoms with Crippen molar-refractivity contribution in [2.24, 2.45) is 0 Å². The number of rotatable bonds is 4. The zero-order valence-electron chi connectivity index (χ0n) is 13.7. The molecule has 2 N–H and O–H groups in total. The second-order valence-corrected chi connectivity index (χ2v) is 6.05. The first-order valence-corrected chi connectivity index (χ1v) is 8.17. The monoisotopic (exact) mass is 351 g/mol. The van der Waals surface area contributed by atoms with Crippen molar-refractivity contribution in [1.82, 2.24) is 9.55 Å². The zero-order valence-corrected chi connectivity index (χ0v) is 14.5. The number of nitrogens with zero attached hydrogens (tertiary/aromatic N) is 1. The Hall–Kier alpha value is -2.99. The van der Waals surface area contributed by atoms with Crippen LogP contribution >= 0.6 is 12.2 Å². The third kappa shape index (κ3) is 3.29. The lowest BCUT2D eigenvalue weighted by molar-refractivity contribution is 0.102. The van der Waals surface area contributed by atoms with Crippen molar-refractivity contribution in [2.75, 3.05) is 5.32 Å². The van der Waals surface area contributed by atoms with Crippen LogP contribution in [0, 0.1) is 11.7 Å². The number of amides is 1. The van der Waals surface area contributed by atoms with Gasteiger partial charge in [-0.15, -0.1) is 6.58 Å². The molecule has 6 heteroatoms. The van der Waals surface area contributed by atoms with Crippen molar-refractivity contribution in [3.8, 4) is 0 Å². The Balaban J connectivity index is 2.01. The minimum Gasteiger partial charge on any atom is -0.332 e. The molecule has 0 bridgehead atoms. The molecule has 0 aliphatic heterocycles. The maximum Gasteiger partial charge on any atom is 0.262 e. The van der Waals surface area contributed by atoms with Crippen LogP contribution in [0.4, 0.5) is 5.69 Å². The Bertz CT molecular complexity index is 1100. The zero-order chi connectivity index (χ0) is 18.0. The fourth-order valence-electron chi connectivity index (χ4n) is 2.60. The predicted molar refractivity (Wildman–Crippen MR) is 103 cm³/mol. The van der Waals surface area contributed by atoms with E-state index in [1.165, 1.54) is 4.57 Å². The summed E-state index contributed by atoms with van der Waals surface area (Å²) in [5, 5.41) is 3.35. The van der Waals surface area contributed by atoms with Gasteiger partial charge in [0.2, 0.25) is 0 Å². The van der Waals surface area contributed by atoms with Crippen LogP contribution in [0.5, 0.6) is 0 Å². The number of aryl methyl sites for hydroxylation is 1. The number of allylic oxidation sites excluding steroid dienone is 1. The van der Waals surface area contributed by atoms with Gasteiger partial charge in [-0.05, 0) is 49.0 Å². The molecular weight excluding hydrogens is 334 g/mol. The summed E-state index contributed by atoms with van der Waals surface area (Å²) in [4.78, 5) is 28.0. The number of H-pyrrole nitrogens is 1. The van der Waals surface area contributed by atoms with Gasteiger partial charge in [-0.2, -0.15) is 0 Å². The van der Waals surface area contributed by atoms with Gasteiger partial charge in [-0.25, -0.2) is 0 Å². The summed E-state index contributed by atoms with van der Waals surface area (Å²) in [6, 6.07) is 12.4. The first-order valence-electron chi connectivity index (χ1n) is 7.76. The summed E-state index contributed by atoms with van der Waals surface area (Å²) in [7, 11) is 0. The third-order valence-electron chi connectivity index (χ3n) is 3.95. The number of hydrogen-bond acceptors (Lipinski definition) is 3. The summed E-state index contributed by atoms with van der Waals surface area (Å²) in [6.07, 6.45) is 1.61. The van der Waals surface area contributed by atoms with Gasteiger partial charge in [-0.3, -0.25) is 14.2 Å². The highest BCUT2D eigenvalue weighted by atomic mass is 32.1. The number of aromatic nitrogens is 2. The molecule has 3 rings (SSSR count). The second kappa shape index (κ2) is 6.86. The topological polar surface area (TPSA) is 66.9 Å². The number of fused-ring (bicyclic) bond motifs is 1. The van der Waals surface area contributed by atoms with Crippen molar-refractivity contribution < 1.29 is 4.79 Å². The molecule has 0 saturated heterocycles. The maximum atomic E-state index is 12.5. The normalized spacial score (nSPS) is 10.6. The lowest BCUT2D eigenvalue weighted by Crippen LogP contribution is -2.22. The number of carbonyl (C=O) groups excluding carboxylic acids is 1. The second-order valence-electron chi connectivity index (χ2n) is 5.66. The molecule has 1 amide bonds.